The molecule has 2 atom stereocenters. The third kappa shape index (κ3) is 4.52. The molecule has 0 rings (SSSR count). The van der Waals surface area contributed by atoms with Gasteiger partial charge in [-0.05, 0) is 0 Å². The molecule has 0 aliphatic carbocycles. The second kappa shape index (κ2) is 4.86. The molecular weight excluding hydrogens is 157 g/mol. The summed E-state index contributed by atoms with van der Waals surface area (Å²) in [5, 5.41) is 2.77. The Kier molecular flexibility index (Phi) is 4.87. The van der Waals surface area contributed by atoms with Crippen molar-refractivity contribution in [1.29, 1.82) is 0 Å². The van der Waals surface area contributed by atoms with Gasteiger partial charge in [0.25, 0.3) is 0 Å². The van der Waals surface area contributed by atoms with E-state index in [9.17, 15) is 0 Å². The SMILES string of the molecule is C=CC(Cl)NC(Cl)C=C. The zero-order valence-electron chi connectivity index (χ0n) is 4.98. The molecule has 1 nitrogen and oxygen atoms in total. The average Bonchev–Trinajstić information content (AvgIpc) is 1.87. The first-order valence-electron chi connectivity index (χ1n) is 2.50. The van der Waals surface area contributed by atoms with Crippen molar-refractivity contribution in [1.82, 2.24) is 5.32 Å². The molecule has 2 unspecified atom stereocenters. The molecule has 0 amide bonds. The first-order chi connectivity index (χ1) is 4.20. The Bertz CT molecular complexity index is 91.2. The Balaban J connectivity index is 3.45. The maximum atomic E-state index is 5.58. The Hall–Kier alpha value is 0.0200. The summed E-state index contributed by atoms with van der Waals surface area (Å²) in [6.45, 7) is 6.92. The van der Waals surface area contributed by atoms with Crippen LogP contribution in [-0.2, 0) is 0 Å². The third-order valence-electron chi connectivity index (χ3n) is 0.732. The fourth-order valence-corrected chi connectivity index (χ4v) is 0.624. The van der Waals surface area contributed by atoms with Crippen LogP contribution in [0.4, 0.5) is 0 Å². The van der Waals surface area contributed by atoms with Crippen LogP contribution in [0.1, 0.15) is 0 Å². The minimum Gasteiger partial charge on any atom is -0.279 e. The number of alkyl halides is 2. The second-order valence-corrected chi connectivity index (χ2v) is 2.38. The summed E-state index contributed by atoms with van der Waals surface area (Å²) in [4.78, 5) is 0. The number of nitrogens with one attached hydrogen (secondary N) is 1. The summed E-state index contributed by atoms with van der Waals surface area (Å²) in [7, 11) is 0. The first kappa shape index (κ1) is 9.02. The smallest absolute Gasteiger partial charge is 0.102 e. The number of halogens is 2. The molecule has 0 radical (unpaired) electrons. The van der Waals surface area contributed by atoms with Crippen molar-refractivity contribution in [3.63, 3.8) is 0 Å². The van der Waals surface area contributed by atoms with Gasteiger partial charge in [0.1, 0.15) is 11.0 Å². The van der Waals surface area contributed by atoms with Crippen molar-refractivity contribution >= 4 is 23.2 Å². The van der Waals surface area contributed by atoms with Crippen LogP contribution in [0.3, 0.4) is 0 Å². The van der Waals surface area contributed by atoms with Gasteiger partial charge in [0.2, 0.25) is 0 Å². The first-order valence-corrected chi connectivity index (χ1v) is 3.37. The van der Waals surface area contributed by atoms with Crippen LogP contribution in [0.5, 0.6) is 0 Å². The van der Waals surface area contributed by atoms with Crippen LogP contribution < -0.4 is 5.32 Å². The van der Waals surface area contributed by atoms with Crippen molar-refractivity contribution < 1.29 is 0 Å². The molecule has 0 saturated heterocycles. The van der Waals surface area contributed by atoms with Crippen LogP contribution in [0.2, 0.25) is 0 Å². The second-order valence-electron chi connectivity index (χ2n) is 1.44. The van der Waals surface area contributed by atoms with Gasteiger partial charge >= 0.3 is 0 Å². The van der Waals surface area contributed by atoms with Gasteiger partial charge in [0.05, 0.1) is 0 Å². The lowest BCUT2D eigenvalue weighted by Crippen LogP contribution is -2.27. The van der Waals surface area contributed by atoms with Crippen LogP contribution >= 0.6 is 23.2 Å². The van der Waals surface area contributed by atoms with Crippen molar-refractivity contribution in [3.8, 4) is 0 Å². The van der Waals surface area contributed by atoms with Crippen LogP contribution in [0.25, 0.3) is 0 Å². The molecule has 0 heterocycles. The fourth-order valence-electron chi connectivity index (χ4n) is 0.288. The molecule has 0 bridgehead atoms. The van der Waals surface area contributed by atoms with E-state index in [4.69, 9.17) is 23.2 Å². The molecule has 3 heteroatoms. The van der Waals surface area contributed by atoms with Gasteiger partial charge in [-0.2, -0.15) is 0 Å². The van der Waals surface area contributed by atoms with Gasteiger partial charge in [0, 0.05) is 0 Å². The van der Waals surface area contributed by atoms with E-state index in [1.54, 1.807) is 12.2 Å². The van der Waals surface area contributed by atoms with E-state index in [-0.39, 0.29) is 11.0 Å². The van der Waals surface area contributed by atoms with Crippen molar-refractivity contribution in [2.75, 3.05) is 0 Å². The normalized spacial score (nSPS) is 16.2. The van der Waals surface area contributed by atoms with Crippen molar-refractivity contribution in [2.24, 2.45) is 0 Å². The van der Waals surface area contributed by atoms with E-state index in [1.165, 1.54) is 0 Å². The molecule has 0 aliphatic rings. The van der Waals surface area contributed by atoms with Gasteiger partial charge in [-0.25, -0.2) is 0 Å². The third-order valence-corrected chi connectivity index (χ3v) is 1.34. The highest BCUT2D eigenvalue weighted by Gasteiger charge is 2.01. The summed E-state index contributed by atoms with van der Waals surface area (Å²) in [5.41, 5.74) is -0.573. The van der Waals surface area contributed by atoms with Gasteiger partial charge in [0.15, 0.2) is 0 Å². The maximum Gasteiger partial charge on any atom is 0.102 e. The van der Waals surface area contributed by atoms with E-state index in [2.05, 4.69) is 18.5 Å². The Labute approximate surface area is 65.3 Å². The van der Waals surface area contributed by atoms with Crippen LogP contribution in [0.15, 0.2) is 25.3 Å². The summed E-state index contributed by atoms with van der Waals surface area (Å²) < 4.78 is 0. The molecule has 52 valence electrons. The highest BCUT2D eigenvalue weighted by atomic mass is 35.5. The Morgan fingerprint density at radius 2 is 1.44 bits per heavy atom. The largest absolute Gasteiger partial charge is 0.279 e. The molecule has 1 N–H and O–H groups in total. The zero-order valence-corrected chi connectivity index (χ0v) is 6.49. The molecule has 0 aliphatic heterocycles. The molecule has 0 aromatic rings. The maximum absolute atomic E-state index is 5.58. The minimum atomic E-state index is -0.287. The summed E-state index contributed by atoms with van der Waals surface area (Å²) in [5.74, 6) is 0. The predicted molar refractivity (Wildman–Crippen MR) is 42.8 cm³/mol. The highest BCUT2D eigenvalue weighted by molar-refractivity contribution is 6.24. The minimum absolute atomic E-state index is 0.287. The molecule has 9 heavy (non-hydrogen) atoms. The lowest BCUT2D eigenvalue weighted by Gasteiger charge is -2.08. The van der Waals surface area contributed by atoms with E-state index in [0.717, 1.165) is 0 Å². The van der Waals surface area contributed by atoms with E-state index in [1.807, 2.05) is 0 Å². The van der Waals surface area contributed by atoms with Gasteiger partial charge in [-0.1, -0.05) is 12.2 Å². The zero-order chi connectivity index (χ0) is 7.28. The lowest BCUT2D eigenvalue weighted by molar-refractivity contribution is 0.747. The number of rotatable bonds is 4. The quantitative estimate of drug-likeness (QED) is 0.383. The topological polar surface area (TPSA) is 12.0 Å². The van der Waals surface area contributed by atoms with Gasteiger partial charge in [-0.15, -0.1) is 36.4 Å². The fraction of sp³-hybridized carbons (Fsp3) is 0.333. The number of hydrogen-bond donors (Lipinski definition) is 1. The molecule has 0 aromatic carbocycles. The molecule has 0 aromatic heterocycles. The van der Waals surface area contributed by atoms with E-state index in [0.29, 0.717) is 0 Å². The summed E-state index contributed by atoms with van der Waals surface area (Å²) in [6.07, 6.45) is 3.11. The number of hydrogen-bond acceptors (Lipinski definition) is 1. The van der Waals surface area contributed by atoms with Gasteiger partial charge < -0.3 is 0 Å². The highest BCUT2D eigenvalue weighted by Crippen LogP contribution is 1.98. The van der Waals surface area contributed by atoms with Crippen LogP contribution in [0, 0.1) is 0 Å². The Morgan fingerprint density at radius 1 is 1.11 bits per heavy atom. The van der Waals surface area contributed by atoms with Crippen molar-refractivity contribution in [2.45, 2.75) is 11.0 Å². The molecule has 0 fully saturated rings. The molecule has 0 saturated carbocycles. The van der Waals surface area contributed by atoms with Crippen LogP contribution in [-0.4, -0.2) is 11.0 Å². The molecule has 0 spiro atoms. The standard InChI is InChI=1S/C6H9Cl2N/c1-3-5(7)9-6(8)4-2/h3-6,9H,1-2H2. The summed E-state index contributed by atoms with van der Waals surface area (Å²) in [6, 6.07) is 0. The Morgan fingerprint density at radius 3 is 1.67 bits per heavy atom. The van der Waals surface area contributed by atoms with Crippen molar-refractivity contribution in [3.05, 3.63) is 25.3 Å². The molecular formula is C6H9Cl2N. The average molecular weight is 166 g/mol. The lowest BCUT2D eigenvalue weighted by atomic mass is 10.5. The van der Waals surface area contributed by atoms with E-state index < -0.39 is 0 Å². The van der Waals surface area contributed by atoms with Gasteiger partial charge in [-0.3, -0.25) is 5.32 Å². The van der Waals surface area contributed by atoms with E-state index >= 15 is 0 Å². The predicted octanol–water partition coefficient (Wildman–Crippen LogP) is 2.08. The monoisotopic (exact) mass is 165 g/mol. The summed E-state index contributed by atoms with van der Waals surface area (Å²) >= 11 is 11.2.